The number of aromatic nitrogens is 3. The number of nitrogens with zero attached hydrogens (tertiary/aromatic N) is 3. The van der Waals surface area contributed by atoms with Gasteiger partial charge in [0.25, 0.3) is 11.2 Å². The maximum absolute atomic E-state index is 13.8. The van der Waals surface area contributed by atoms with Gasteiger partial charge < -0.3 is 5.11 Å². The Hall–Kier alpha value is -4.51. The zero-order valence-corrected chi connectivity index (χ0v) is 20.4. The third-order valence-corrected chi connectivity index (χ3v) is 6.47. The van der Waals surface area contributed by atoms with Crippen molar-refractivity contribution < 1.29 is 31.4 Å². The van der Waals surface area contributed by atoms with Crippen LogP contribution in [0.4, 0.5) is 26.3 Å². The molecule has 0 aliphatic heterocycles. The lowest BCUT2D eigenvalue weighted by Gasteiger charge is -2.32. The summed E-state index contributed by atoms with van der Waals surface area (Å²) >= 11 is 0. The molecule has 5 nitrogen and oxygen atoms in total. The molecule has 5 rings (SSSR count). The van der Waals surface area contributed by atoms with E-state index in [-0.39, 0.29) is 23.3 Å². The van der Waals surface area contributed by atoms with Gasteiger partial charge in [0.05, 0.1) is 22.3 Å². The Morgan fingerprint density at radius 2 is 1.43 bits per heavy atom. The molecule has 0 spiro atoms. The molecule has 0 radical (unpaired) electrons. The maximum Gasteiger partial charge on any atom is 0.430 e. The van der Waals surface area contributed by atoms with Gasteiger partial charge in [-0.1, -0.05) is 54.6 Å². The first-order valence-corrected chi connectivity index (χ1v) is 11.9. The average molecular weight is 555 g/mol. The van der Waals surface area contributed by atoms with E-state index in [1.54, 1.807) is 72.9 Å². The average Bonchev–Trinajstić information content (AvgIpc) is 2.93. The van der Waals surface area contributed by atoms with Crippen LogP contribution in [0.2, 0.25) is 0 Å². The number of benzene rings is 3. The van der Waals surface area contributed by atoms with Crippen LogP contribution >= 0.6 is 0 Å². The van der Waals surface area contributed by atoms with Crippen molar-refractivity contribution in [3.8, 4) is 16.9 Å². The molecule has 0 atom stereocenters. The smallest absolute Gasteiger partial charge is 0.369 e. The molecule has 1 N–H and O–H groups in total. The number of hydrogen-bond donors (Lipinski definition) is 1. The lowest BCUT2D eigenvalue weighted by atomic mass is 9.92. The Morgan fingerprint density at radius 1 is 0.775 bits per heavy atom. The molecule has 0 saturated carbocycles. The Kier molecular flexibility index (Phi) is 6.70. The molecule has 204 valence electrons. The highest BCUT2D eigenvalue weighted by atomic mass is 19.4. The van der Waals surface area contributed by atoms with E-state index in [2.05, 4.69) is 9.97 Å². The highest BCUT2D eigenvalue weighted by Crippen LogP contribution is 2.50. The van der Waals surface area contributed by atoms with Gasteiger partial charge in [0.15, 0.2) is 0 Å². The number of pyridine rings is 1. The molecule has 0 bridgehead atoms. The first kappa shape index (κ1) is 27.1. The fraction of sp³-hybridized carbons (Fsp3) is 0.138. The van der Waals surface area contributed by atoms with Gasteiger partial charge in [-0.2, -0.15) is 26.3 Å². The van der Waals surface area contributed by atoms with Gasteiger partial charge >= 0.3 is 12.4 Å². The predicted octanol–water partition coefficient (Wildman–Crippen LogP) is 6.35. The Labute approximate surface area is 223 Å². The van der Waals surface area contributed by atoms with Crippen LogP contribution in [-0.2, 0) is 12.0 Å². The molecule has 40 heavy (non-hydrogen) atoms. The number of hydrogen-bond acceptors (Lipinski definition) is 4. The summed E-state index contributed by atoms with van der Waals surface area (Å²) in [6, 6.07) is 22.0. The normalized spacial score (nSPS) is 12.6. The van der Waals surface area contributed by atoms with Crippen LogP contribution in [-0.4, -0.2) is 32.0 Å². The zero-order valence-electron chi connectivity index (χ0n) is 20.4. The molecular formula is C29H19F6N3O2. The minimum absolute atomic E-state index is 0.0241. The minimum Gasteiger partial charge on any atom is -0.369 e. The Bertz CT molecular complexity index is 1700. The molecule has 0 fully saturated rings. The first-order valence-electron chi connectivity index (χ1n) is 11.9. The first-order chi connectivity index (χ1) is 18.9. The number of fused-ring (bicyclic) bond motifs is 1. The highest BCUT2D eigenvalue weighted by molar-refractivity contribution is 5.83. The SMILES string of the molecule is O=c1c2cc(-c3ccccn3)ccc2nc(Cc2ccccc2)n1-c1ccc(C(O)(C(F)(F)F)C(F)(F)F)cc1. The van der Waals surface area contributed by atoms with Crippen molar-refractivity contribution in [2.45, 2.75) is 24.4 Å². The minimum atomic E-state index is -6.03. The van der Waals surface area contributed by atoms with Crippen molar-refractivity contribution >= 4 is 10.9 Å². The summed E-state index contributed by atoms with van der Waals surface area (Å²) in [4.78, 5) is 22.7. The van der Waals surface area contributed by atoms with Crippen LogP contribution in [0.1, 0.15) is 17.0 Å². The number of halogens is 6. The van der Waals surface area contributed by atoms with E-state index in [9.17, 15) is 36.2 Å². The molecule has 11 heteroatoms. The molecule has 0 amide bonds. The molecule has 2 aromatic heterocycles. The topological polar surface area (TPSA) is 68.0 Å². The maximum atomic E-state index is 13.8. The molecule has 0 aliphatic rings. The predicted molar refractivity (Wildman–Crippen MR) is 136 cm³/mol. The highest BCUT2D eigenvalue weighted by Gasteiger charge is 2.71. The summed E-state index contributed by atoms with van der Waals surface area (Å²) < 4.78 is 81.5. The van der Waals surface area contributed by atoms with Gasteiger partial charge in [0.1, 0.15) is 5.82 Å². The lowest BCUT2D eigenvalue weighted by Crippen LogP contribution is -2.53. The van der Waals surface area contributed by atoms with E-state index in [1.165, 1.54) is 0 Å². The number of aliphatic hydroxyl groups is 1. The molecule has 0 aliphatic carbocycles. The second kappa shape index (κ2) is 9.91. The second-order valence-corrected chi connectivity index (χ2v) is 9.03. The number of alkyl halides is 6. The van der Waals surface area contributed by atoms with Gasteiger partial charge in [0.2, 0.25) is 0 Å². The Morgan fingerprint density at radius 3 is 2.02 bits per heavy atom. The third-order valence-electron chi connectivity index (χ3n) is 6.47. The van der Waals surface area contributed by atoms with Crippen LogP contribution in [0.5, 0.6) is 0 Å². The summed E-state index contributed by atoms with van der Waals surface area (Å²) in [5.74, 6) is 0.212. The van der Waals surface area contributed by atoms with Gasteiger partial charge in [0, 0.05) is 23.7 Å². The molecule has 3 aromatic carbocycles. The summed E-state index contributed by atoms with van der Waals surface area (Å²) in [5.41, 5.74) is -4.79. The van der Waals surface area contributed by atoms with Crippen molar-refractivity contribution in [2.75, 3.05) is 0 Å². The zero-order chi connectivity index (χ0) is 28.7. The fourth-order valence-electron chi connectivity index (χ4n) is 4.43. The van der Waals surface area contributed by atoms with E-state index in [0.29, 0.717) is 28.9 Å². The van der Waals surface area contributed by atoms with Crippen LogP contribution in [0.15, 0.2) is 102 Å². The quantitative estimate of drug-likeness (QED) is 0.257. The summed E-state index contributed by atoms with van der Waals surface area (Å²) in [7, 11) is 0. The van der Waals surface area contributed by atoms with Crippen molar-refractivity contribution in [1.82, 2.24) is 14.5 Å². The van der Waals surface area contributed by atoms with E-state index in [0.717, 1.165) is 22.3 Å². The van der Waals surface area contributed by atoms with Gasteiger partial charge in [-0.15, -0.1) is 0 Å². The molecule has 0 unspecified atom stereocenters. The Balaban J connectivity index is 1.70. The van der Waals surface area contributed by atoms with E-state index in [4.69, 9.17) is 0 Å². The largest absolute Gasteiger partial charge is 0.430 e. The van der Waals surface area contributed by atoms with Gasteiger partial charge in [-0.25, -0.2) is 4.98 Å². The monoisotopic (exact) mass is 555 g/mol. The van der Waals surface area contributed by atoms with Gasteiger partial charge in [-0.05, 0) is 42.0 Å². The van der Waals surface area contributed by atoms with Crippen molar-refractivity contribution in [2.24, 2.45) is 0 Å². The van der Waals surface area contributed by atoms with Gasteiger partial charge in [-0.3, -0.25) is 14.3 Å². The van der Waals surface area contributed by atoms with Crippen LogP contribution < -0.4 is 5.56 Å². The van der Waals surface area contributed by atoms with E-state index >= 15 is 0 Å². The van der Waals surface area contributed by atoms with Crippen LogP contribution in [0, 0.1) is 0 Å². The fourth-order valence-corrected chi connectivity index (χ4v) is 4.43. The van der Waals surface area contributed by atoms with Crippen molar-refractivity contribution in [3.63, 3.8) is 0 Å². The molecule has 5 aromatic rings. The van der Waals surface area contributed by atoms with Crippen molar-refractivity contribution in [1.29, 1.82) is 0 Å². The summed E-state index contributed by atoms with van der Waals surface area (Å²) in [6.07, 6.45) is -10.3. The standard InChI is InChI=1S/C29H19F6N3O2/c30-28(31,32)27(40,29(33,34)35)20-10-12-21(13-11-20)38-25(16-18-6-2-1-3-7-18)37-24-14-9-19(17-22(24)26(38)39)23-8-4-5-15-36-23/h1-15,17,40H,16H2. The molecule has 2 heterocycles. The van der Waals surface area contributed by atoms with Crippen molar-refractivity contribution in [3.05, 3.63) is 124 Å². The lowest BCUT2D eigenvalue weighted by molar-refractivity contribution is -0.376. The summed E-state index contributed by atoms with van der Waals surface area (Å²) in [6.45, 7) is 0. The second-order valence-electron chi connectivity index (χ2n) is 9.03. The summed E-state index contributed by atoms with van der Waals surface area (Å²) in [5, 5.41) is 9.94. The third kappa shape index (κ3) is 4.73. The van der Waals surface area contributed by atoms with Crippen LogP contribution in [0.3, 0.4) is 0 Å². The molecule has 0 saturated heterocycles. The molecular weight excluding hydrogens is 536 g/mol. The van der Waals surface area contributed by atoms with E-state index < -0.39 is 29.1 Å². The number of rotatable bonds is 5. The van der Waals surface area contributed by atoms with Crippen LogP contribution in [0.25, 0.3) is 27.8 Å². The van der Waals surface area contributed by atoms with E-state index in [1.807, 2.05) is 0 Å².